The van der Waals surface area contributed by atoms with E-state index >= 15 is 0 Å². The summed E-state index contributed by atoms with van der Waals surface area (Å²) in [5.74, 6) is 0. The van der Waals surface area contributed by atoms with Crippen LogP contribution in [0.2, 0.25) is 0 Å². The molecule has 0 aliphatic rings. The smallest absolute Gasteiger partial charge is 0.305 e. The molecule has 8 nitrogen and oxygen atoms in total. The Labute approximate surface area is 101 Å². The summed E-state index contributed by atoms with van der Waals surface area (Å²) in [5, 5.41) is 4.43. The molecule has 3 aromatic rings. The summed E-state index contributed by atoms with van der Waals surface area (Å²) < 4.78 is 25.4. The first-order chi connectivity index (χ1) is 8.65. The van der Waals surface area contributed by atoms with Gasteiger partial charge in [-0.25, -0.2) is 9.78 Å². The van der Waals surface area contributed by atoms with E-state index in [-0.39, 0.29) is 5.69 Å². The molecule has 0 atom stereocenters. The van der Waals surface area contributed by atoms with Gasteiger partial charge in [0.1, 0.15) is 6.33 Å². The van der Waals surface area contributed by atoms with Crippen LogP contribution in [0.5, 0.6) is 0 Å². The first-order valence-corrected chi connectivity index (χ1v) is 5.85. The zero-order chi connectivity index (χ0) is 12.7. The lowest BCUT2D eigenvalue weighted by Crippen LogP contribution is -2.17. The van der Waals surface area contributed by atoms with Gasteiger partial charge < -0.3 is 4.98 Å². The number of aromatic amines is 1. The van der Waals surface area contributed by atoms with Gasteiger partial charge in [-0.05, 0) is 18.2 Å². The van der Waals surface area contributed by atoms with E-state index in [1.807, 2.05) is 0 Å². The molecule has 0 aliphatic heterocycles. The summed E-state index contributed by atoms with van der Waals surface area (Å²) in [6.45, 7) is 0. The van der Waals surface area contributed by atoms with Crippen molar-refractivity contribution < 1.29 is 8.42 Å². The maximum Gasteiger partial charge on any atom is 0.348 e. The lowest BCUT2D eigenvalue weighted by molar-refractivity contribution is 0.622. The van der Waals surface area contributed by atoms with Crippen molar-refractivity contribution in [2.45, 2.75) is 0 Å². The largest absolute Gasteiger partial charge is 0.348 e. The van der Waals surface area contributed by atoms with Crippen molar-refractivity contribution in [3.05, 3.63) is 35.0 Å². The molecule has 9 heteroatoms. The molecule has 0 saturated heterocycles. The van der Waals surface area contributed by atoms with E-state index in [4.69, 9.17) is 0 Å². The number of fused-ring (bicyclic) bond motifs is 3. The highest BCUT2D eigenvalue weighted by molar-refractivity contribution is 7.61. The van der Waals surface area contributed by atoms with Crippen molar-refractivity contribution in [2.24, 2.45) is 4.36 Å². The van der Waals surface area contributed by atoms with Crippen LogP contribution in [0.15, 0.2) is 33.7 Å². The quantitative estimate of drug-likeness (QED) is 0.677. The fourth-order valence-corrected chi connectivity index (χ4v) is 2.00. The highest BCUT2D eigenvalue weighted by Crippen LogP contribution is 2.20. The second-order valence-electron chi connectivity index (χ2n) is 3.46. The summed E-state index contributed by atoms with van der Waals surface area (Å²) >= 11 is 0. The van der Waals surface area contributed by atoms with Crippen LogP contribution in [0.3, 0.4) is 0 Å². The average Bonchev–Trinajstić information content (AvgIpc) is 2.77. The number of H-pyrrole nitrogens is 1. The molecular formula is C9H5N5O3S. The number of nitrogens with zero attached hydrogens (tertiary/aromatic N) is 4. The molecule has 0 fully saturated rings. The van der Waals surface area contributed by atoms with Gasteiger partial charge >= 0.3 is 16.2 Å². The van der Waals surface area contributed by atoms with Crippen LogP contribution in [0.4, 0.5) is 5.69 Å². The molecule has 3 rings (SSSR count). The summed E-state index contributed by atoms with van der Waals surface area (Å²) in [6, 6.07) is 4.60. The van der Waals surface area contributed by atoms with E-state index in [1.54, 1.807) is 6.07 Å². The molecule has 0 bridgehead atoms. The Morgan fingerprint density at radius 3 is 2.94 bits per heavy atom. The molecule has 0 radical (unpaired) electrons. The van der Waals surface area contributed by atoms with Crippen LogP contribution in [-0.2, 0) is 10.5 Å². The fraction of sp³-hybridized carbons (Fsp3) is 0. The molecule has 1 N–H and O–H groups in total. The van der Waals surface area contributed by atoms with Crippen LogP contribution >= 0.6 is 0 Å². The number of hydrogen-bond donors (Lipinski definition) is 1. The number of aromatic nitrogens is 4. The third kappa shape index (κ3) is 1.57. The van der Waals surface area contributed by atoms with Gasteiger partial charge in [-0.1, -0.05) is 0 Å². The molecular weight excluding hydrogens is 258 g/mol. The minimum Gasteiger partial charge on any atom is -0.305 e. The lowest BCUT2D eigenvalue weighted by Gasteiger charge is -1.99. The summed E-state index contributed by atoms with van der Waals surface area (Å²) in [4.78, 5) is 18.2. The highest BCUT2D eigenvalue weighted by Gasteiger charge is 2.06. The molecule has 0 saturated carbocycles. The monoisotopic (exact) mass is 263 g/mol. The lowest BCUT2D eigenvalue weighted by atomic mass is 10.2. The number of nitrogens with one attached hydrogen (secondary N) is 1. The van der Waals surface area contributed by atoms with Crippen molar-refractivity contribution in [1.82, 2.24) is 19.6 Å². The molecule has 0 amide bonds. The van der Waals surface area contributed by atoms with Gasteiger partial charge in [0, 0.05) is 5.39 Å². The summed E-state index contributed by atoms with van der Waals surface area (Å²) in [6.07, 6.45) is 1.27. The van der Waals surface area contributed by atoms with Gasteiger partial charge in [0.2, 0.25) is 0 Å². The SMILES string of the molecule is O=c1[nH]c2cc(N=S(=O)=O)ccc2c2ncnn12. The predicted molar refractivity (Wildman–Crippen MR) is 62.1 cm³/mol. The predicted octanol–water partition coefficient (Wildman–Crippen LogP) is 0.265. The summed E-state index contributed by atoms with van der Waals surface area (Å²) in [5.41, 5.74) is 0.640. The Morgan fingerprint density at radius 1 is 1.33 bits per heavy atom. The number of rotatable bonds is 1. The molecule has 18 heavy (non-hydrogen) atoms. The molecule has 1 aromatic carbocycles. The molecule has 2 aromatic heterocycles. The zero-order valence-electron chi connectivity index (χ0n) is 8.73. The maximum atomic E-state index is 11.6. The Kier molecular flexibility index (Phi) is 2.20. The molecule has 0 unspecified atom stereocenters. The highest BCUT2D eigenvalue weighted by atomic mass is 32.2. The van der Waals surface area contributed by atoms with Crippen molar-refractivity contribution in [3.63, 3.8) is 0 Å². The Balaban J connectivity index is 2.46. The minimum absolute atomic E-state index is 0.232. The van der Waals surface area contributed by atoms with Crippen LogP contribution < -0.4 is 5.69 Å². The van der Waals surface area contributed by atoms with Crippen molar-refractivity contribution >= 4 is 32.7 Å². The van der Waals surface area contributed by atoms with Crippen LogP contribution in [0, 0.1) is 0 Å². The second-order valence-corrected chi connectivity index (χ2v) is 4.08. The Morgan fingerprint density at radius 2 is 2.17 bits per heavy atom. The van der Waals surface area contributed by atoms with Gasteiger partial charge in [-0.15, -0.1) is 4.36 Å². The number of hydrogen-bond acceptors (Lipinski definition) is 6. The molecule has 0 spiro atoms. The second kappa shape index (κ2) is 3.74. The Bertz CT molecular complexity index is 945. The van der Waals surface area contributed by atoms with Crippen LogP contribution in [-0.4, -0.2) is 28.0 Å². The minimum atomic E-state index is -2.53. The van der Waals surface area contributed by atoms with Gasteiger partial charge in [0.15, 0.2) is 5.65 Å². The molecule has 2 heterocycles. The third-order valence-corrected chi connectivity index (χ3v) is 2.77. The maximum absolute atomic E-state index is 11.6. The third-order valence-electron chi connectivity index (χ3n) is 2.41. The Hall–Kier alpha value is -2.55. The molecule has 0 aliphatic carbocycles. The topological polar surface area (TPSA) is 110 Å². The van der Waals surface area contributed by atoms with Gasteiger partial charge in [-0.2, -0.15) is 18.0 Å². The first-order valence-electron chi connectivity index (χ1n) is 4.82. The standard InChI is InChI=1S/C9H5N5O3S/c15-9-12-7-3-5(13-18(16)17)1-2-6(7)8-10-4-11-14(8)9/h1-4H,(H,12,15). The van der Waals surface area contributed by atoms with Crippen molar-refractivity contribution in [1.29, 1.82) is 0 Å². The van der Waals surface area contributed by atoms with Crippen molar-refractivity contribution in [2.75, 3.05) is 0 Å². The van der Waals surface area contributed by atoms with Crippen molar-refractivity contribution in [3.8, 4) is 0 Å². The van der Waals surface area contributed by atoms with Gasteiger partial charge in [-0.3, -0.25) is 0 Å². The van der Waals surface area contributed by atoms with E-state index in [2.05, 4.69) is 19.4 Å². The fourth-order valence-electron chi connectivity index (χ4n) is 1.72. The van der Waals surface area contributed by atoms with E-state index in [1.165, 1.54) is 18.5 Å². The van der Waals surface area contributed by atoms with E-state index in [9.17, 15) is 13.2 Å². The average molecular weight is 263 g/mol. The van der Waals surface area contributed by atoms with E-state index in [0.717, 1.165) is 4.52 Å². The van der Waals surface area contributed by atoms with Gasteiger partial charge in [0.05, 0.1) is 11.2 Å². The van der Waals surface area contributed by atoms with E-state index < -0.39 is 16.2 Å². The number of benzene rings is 1. The van der Waals surface area contributed by atoms with Crippen LogP contribution in [0.25, 0.3) is 16.6 Å². The summed E-state index contributed by atoms with van der Waals surface area (Å²) in [7, 11) is -2.53. The normalized spacial score (nSPS) is 10.9. The zero-order valence-corrected chi connectivity index (χ0v) is 9.55. The van der Waals surface area contributed by atoms with Crippen LogP contribution in [0.1, 0.15) is 0 Å². The molecule has 90 valence electrons. The van der Waals surface area contributed by atoms with E-state index in [0.29, 0.717) is 16.6 Å². The first kappa shape index (κ1) is 10.6. The van der Waals surface area contributed by atoms with Gasteiger partial charge in [0.25, 0.3) is 0 Å².